The normalized spacial score (nSPS) is 31.7. The van der Waals surface area contributed by atoms with Crippen molar-refractivity contribution >= 4 is 40.6 Å². The summed E-state index contributed by atoms with van der Waals surface area (Å²) in [5.74, 6) is -3.50. The van der Waals surface area contributed by atoms with Crippen LogP contribution < -0.4 is 5.32 Å². The number of hydrogen-bond donors (Lipinski definition) is 4. The Labute approximate surface area is 419 Å². The average molecular weight is 1020 g/mol. The Morgan fingerprint density at radius 2 is 1.46 bits per heavy atom. The van der Waals surface area contributed by atoms with Gasteiger partial charge in [0.1, 0.15) is 35.6 Å². The standard InChI is InChI=1S/C53H87NO14Si2/c1-17-69(18-2,19-3)67-38-29-39-52(31-62-39,65-34(10)55)43-45(64-46(58)35-26-24-23-25-27-35)53(61)30-37(33(9)40(50(53,14)15)41(56)44(57)51(38,43)16)63-47(59)42(68-70(20-4,21-5)22-6)36(28-32(7)8)54-48(60)66-49(11,12)13/h23-27,32,36-39,41-45,56-57,61H,17-22,28-31H2,1-16H3,(H,54,60)/t36-,37-,38?,39+,41-,42+,43-,44-,45-,51+,52-,53+/m0/s1. The number of rotatable bonds is 19. The van der Waals surface area contributed by atoms with Crippen molar-refractivity contribution < 1.29 is 67.0 Å². The highest BCUT2D eigenvalue weighted by atomic mass is 28.4. The number of benzene rings is 1. The van der Waals surface area contributed by atoms with E-state index in [4.69, 9.17) is 32.5 Å². The van der Waals surface area contributed by atoms with E-state index >= 15 is 4.79 Å². The number of ether oxygens (including phenoxy) is 5. The van der Waals surface area contributed by atoms with Crippen LogP contribution in [0, 0.1) is 22.7 Å². The number of aliphatic hydroxyl groups is 3. The summed E-state index contributed by atoms with van der Waals surface area (Å²) in [6, 6.07) is 11.8. The van der Waals surface area contributed by atoms with Gasteiger partial charge in [0.25, 0.3) is 0 Å². The fraction of sp³-hybridized carbons (Fsp3) is 0.774. The van der Waals surface area contributed by atoms with Crippen molar-refractivity contribution in [3.63, 3.8) is 0 Å². The molecule has 1 aromatic rings. The van der Waals surface area contributed by atoms with E-state index in [0.29, 0.717) is 30.1 Å². The van der Waals surface area contributed by atoms with Crippen molar-refractivity contribution in [2.75, 3.05) is 6.61 Å². The first-order valence-electron chi connectivity index (χ1n) is 26.0. The van der Waals surface area contributed by atoms with Crippen LogP contribution in [0.5, 0.6) is 0 Å². The van der Waals surface area contributed by atoms with Crippen LogP contribution in [-0.4, -0.2) is 128 Å². The summed E-state index contributed by atoms with van der Waals surface area (Å²) >= 11 is 0. The molecule has 3 fully saturated rings. The molecule has 2 saturated carbocycles. The Morgan fingerprint density at radius 3 is 1.94 bits per heavy atom. The van der Waals surface area contributed by atoms with Crippen molar-refractivity contribution in [2.24, 2.45) is 22.7 Å². The van der Waals surface area contributed by atoms with E-state index in [1.807, 2.05) is 34.6 Å². The van der Waals surface area contributed by atoms with Gasteiger partial charge in [-0.2, -0.15) is 0 Å². The van der Waals surface area contributed by atoms with Gasteiger partial charge in [0.15, 0.2) is 28.3 Å². The number of alkyl carbamates (subject to hydrolysis) is 1. The van der Waals surface area contributed by atoms with Gasteiger partial charge in [-0.1, -0.05) is 94.4 Å². The van der Waals surface area contributed by atoms with Crippen LogP contribution >= 0.6 is 0 Å². The molecule has 1 amide bonds. The molecule has 0 aromatic heterocycles. The molecule has 12 atom stereocenters. The molecule has 1 heterocycles. The van der Waals surface area contributed by atoms with Gasteiger partial charge < -0.3 is 53.2 Å². The molecule has 0 radical (unpaired) electrons. The highest BCUT2D eigenvalue weighted by Gasteiger charge is 2.78. The second kappa shape index (κ2) is 21.7. The van der Waals surface area contributed by atoms with Gasteiger partial charge in [0.05, 0.1) is 36.3 Å². The van der Waals surface area contributed by atoms with E-state index in [0.717, 1.165) is 18.1 Å². The molecule has 4 aliphatic rings. The minimum absolute atomic E-state index is 0.00981. The molecule has 2 bridgehead atoms. The molecular weight excluding hydrogens is 931 g/mol. The van der Waals surface area contributed by atoms with Crippen LogP contribution in [0.2, 0.25) is 36.3 Å². The predicted molar refractivity (Wildman–Crippen MR) is 271 cm³/mol. The molecule has 1 saturated heterocycles. The van der Waals surface area contributed by atoms with E-state index in [2.05, 4.69) is 26.1 Å². The first-order chi connectivity index (χ1) is 32.5. The zero-order valence-electron chi connectivity index (χ0n) is 45.1. The first-order valence-corrected chi connectivity index (χ1v) is 31.0. The fourth-order valence-electron chi connectivity index (χ4n) is 12.4. The van der Waals surface area contributed by atoms with Gasteiger partial charge in [0, 0.05) is 30.6 Å². The van der Waals surface area contributed by atoms with E-state index in [9.17, 15) is 29.7 Å². The second-order valence-electron chi connectivity index (χ2n) is 22.8. The summed E-state index contributed by atoms with van der Waals surface area (Å²) in [4.78, 5) is 57.0. The number of aliphatic hydroxyl groups excluding tert-OH is 2. The molecule has 17 heteroatoms. The lowest BCUT2D eigenvalue weighted by Gasteiger charge is -2.70. The van der Waals surface area contributed by atoms with Gasteiger partial charge in [-0.3, -0.25) is 4.79 Å². The summed E-state index contributed by atoms with van der Waals surface area (Å²) in [6.07, 6.45) is -9.77. The molecule has 1 aromatic carbocycles. The number of carbonyl (C=O) groups excluding carboxylic acids is 4. The Morgan fingerprint density at radius 1 is 0.886 bits per heavy atom. The molecule has 1 aliphatic heterocycles. The number of amides is 1. The molecule has 4 N–H and O–H groups in total. The molecule has 5 rings (SSSR count). The minimum atomic E-state index is -2.63. The fourth-order valence-corrected chi connectivity index (χ4v) is 18.2. The summed E-state index contributed by atoms with van der Waals surface area (Å²) in [5.41, 5.74) is -6.93. The third-order valence-corrected chi connectivity index (χ3v) is 26.3. The van der Waals surface area contributed by atoms with Crippen molar-refractivity contribution in [3.05, 3.63) is 47.0 Å². The third-order valence-electron chi connectivity index (χ3n) is 17.0. The molecule has 70 heavy (non-hydrogen) atoms. The predicted octanol–water partition coefficient (Wildman–Crippen LogP) is 8.78. The Bertz CT molecular complexity index is 2030. The number of esters is 3. The van der Waals surface area contributed by atoms with Gasteiger partial charge in [-0.15, -0.1) is 0 Å². The summed E-state index contributed by atoms with van der Waals surface area (Å²) in [5, 5.41) is 43.4. The number of carbonyl (C=O) groups is 4. The van der Waals surface area contributed by atoms with Crippen LogP contribution in [0.3, 0.4) is 0 Å². The van der Waals surface area contributed by atoms with Crippen molar-refractivity contribution in [1.82, 2.24) is 5.32 Å². The monoisotopic (exact) mass is 1020 g/mol. The topological polar surface area (TPSA) is 206 Å². The number of hydrogen-bond acceptors (Lipinski definition) is 14. The van der Waals surface area contributed by atoms with Crippen molar-refractivity contribution in [2.45, 2.75) is 232 Å². The molecule has 0 spiro atoms. The summed E-state index contributed by atoms with van der Waals surface area (Å²) in [6.45, 7) is 29.7. The lowest BCUT2D eigenvalue weighted by molar-refractivity contribution is -0.363. The van der Waals surface area contributed by atoms with Gasteiger partial charge in [-0.25, -0.2) is 14.4 Å². The quantitative estimate of drug-likeness (QED) is 0.0443. The Hall–Kier alpha value is -3.17. The largest absolute Gasteiger partial charge is 0.456 e. The van der Waals surface area contributed by atoms with Crippen LogP contribution in [0.4, 0.5) is 4.79 Å². The number of nitrogens with one attached hydrogen (secondary N) is 1. The number of fused-ring (bicyclic) bond motifs is 5. The summed E-state index contributed by atoms with van der Waals surface area (Å²) in [7, 11) is -5.17. The van der Waals surface area contributed by atoms with Crippen LogP contribution in [0.25, 0.3) is 0 Å². The minimum Gasteiger partial charge on any atom is -0.456 e. The van der Waals surface area contributed by atoms with Gasteiger partial charge in [-0.05, 0) is 99.6 Å². The van der Waals surface area contributed by atoms with Crippen molar-refractivity contribution in [1.29, 1.82) is 0 Å². The van der Waals surface area contributed by atoms with Gasteiger partial charge in [0.2, 0.25) is 0 Å². The lowest BCUT2D eigenvalue weighted by Crippen LogP contribution is -2.82. The van der Waals surface area contributed by atoms with Gasteiger partial charge >= 0.3 is 24.0 Å². The Kier molecular flexibility index (Phi) is 17.9. The van der Waals surface area contributed by atoms with Crippen molar-refractivity contribution in [3.8, 4) is 0 Å². The molecular formula is C53H87NO14Si2. The smallest absolute Gasteiger partial charge is 0.407 e. The SMILES string of the molecule is CC[Si](CC)(CC)OC1C[C@H]2OC[C@@]2(OC(C)=O)[C@H]2[C@H](OC(=O)c3ccccc3)[C@]3(O)C[C@H](OC(=O)[C@H](O[Si](CC)(CC)CC)[C@H](CC(C)C)NC(=O)OC(C)(C)C)C(C)=C([C@H](O)[C@H](O)[C@]12C)C3(C)C. The molecule has 396 valence electrons. The molecule has 1 unspecified atom stereocenters. The zero-order chi connectivity index (χ0) is 52.6. The molecule has 3 aliphatic carbocycles. The highest BCUT2D eigenvalue weighted by molar-refractivity contribution is 6.74. The van der Waals surface area contributed by atoms with Crippen LogP contribution in [0.1, 0.15) is 140 Å². The zero-order valence-corrected chi connectivity index (χ0v) is 47.1. The van der Waals surface area contributed by atoms with E-state index < -0.39 is 123 Å². The van der Waals surface area contributed by atoms with E-state index in [1.54, 1.807) is 78.8 Å². The second-order valence-corrected chi connectivity index (χ2v) is 32.2. The van der Waals surface area contributed by atoms with Crippen LogP contribution in [-0.2, 0) is 42.1 Å². The van der Waals surface area contributed by atoms with E-state index in [1.165, 1.54) is 6.92 Å². The maximum Gasteiger partial charge on any atom is 0.407 e. The summed E-state index contributed by atoms with van der Waals surface area (Å²) < 4.78 is 46.2. The third kappa shape index (κ3) is 10.7. The maximum atomic E-state index is 15.3. The highest BCUT2D eigenvalue weighted by Crippen LogP contribution is 2.66. The van der Waals surface area contributed by atoms with Crippen LogP contribution in [0.15, 0.2) is 41.5 Å². The Balaban J connectivity index is 1.79. The lowest BCUT2D eigenvalue weighted by atomic mass is 9.44. The average Bonchev–Trinajstić information content (AvgIpc) is 3.28. The maximum absolute atomic E-state index is 15.3. The molecule has 15 nitrogen and oxygen atoms in total. The first kappa shape index (κ1) is 57.7. The van der Waals surface area contributed by atoms with E-state index in [-0.39, 0.29) is 36.5 Å².